The third-order valence-electron chi connectivity index (χ3n) is 4.25. The highest BCUT2D eigenvalue weighted by Gasteiger charge is 2.26. The van der Waals surface area contributed by atoms with Gasteiger partial charge in [-0.25, -0.2) is 4.39 Å². The minimum atomic E-state index is -0.336. The highest BCUT2D eigenvalue weighted by molar-refractivity contribution is 5.95. The van der Waals surface area contributed by atoms with Crippen molar-refractivity contribution in [1.29, 1.82) is 0 Å². The fraction of sp³-hybridized carbons (Fsp3) is 0.562. The SMILES string of the molecule is CNC1CCCN(C(C)C(=O)Nc2cc(F)ccc2C)C1.Cl. The Kier molecular flexibility index (Phi) is 7.26. The van der Waals surface area contributed by atoms with Crippen LogP contribution in [0.15, 0.2) is 18.2 Å². The minimum absolute atomic E-state index is 0. The number of halogens is 2. The van der Waals surface area contributed by atoms with Gasteiger partial charge in [-0.3, -0.25) is 9.69 Å². The van der Waals surface area contributed by atoms with E-state index in [-0.39, 0.29) is 30.2 Å². The average molecular weight is 330 g/mol. The summed E-state index contributed by atoms with van der Waals surface area (Å²) < 4.78 is 13.3. The summed E-state index contributed by atoms with van der Waals surface area (Å²) >= 11 is 0. The first-order valence-electron chi connectivity index (χ1n) is 7.49. The summed E-state index contributed by atoms with van der Waals surface area (Å²) in [5.41, 5.74) is 1.41. The molecule has 2 atom stereocenters. The van der Waals surface area contributed by atoms with E-state index in [0.717, 1.165) is 31.5 Å². The predicted octanol–water partition coefficient (Wildman–Crippen LogP) is 2.57. The first-order chi connectivity index (χ1) is 10.0. The molecule has 1 amide bonds. The first-order valence-corrected chi connectivity index (χ1v) is 7.49. The van der Waals surface area contributed by atoms with Gasteiger partial charge in [0.05, 0.1) is 6.04 Å². The number of carbonyl (C=O) groups is 1. The topological polar surface area (TPSA) is 44.4 Å². The van der Waals surface area contributed by atoms with E-state index in [4.69, 9.17) is 0 Å². The Labute approximate surface area is 137 Å². The van der Waals surface area contributed by atoms with E-state index >= 15 is 0 Å². The van der Waals surface area contributed by atoms with Crippen molar-refractivity contribution in [3.05, 3.63) is 29.6 Å². The number of amides is 1. The lowest BCUT2D eigenvalue weighted by Crippen LogP contribution is -2.51. The fourth-order valence-corrected chi connectivity index (χ4v) is 2.73. The van der Waals surface area contributed by atoms with Gasteiger partial charge in [0.2, 0.25) is 5.91 Å². The Morgan fingerprint density at radius 1 is 1.45 bits per heavy atom. The molecule has 1 aliphatic heterocycles. The molecular weight excluding hydrogens is 305 g/mol. The molecule has 0 aromatic heterocycles. The molecule has 0 spiro atoms. The highest BCUT2D eigenvalue weighted by atomic mass is 35.5. The summed E-state index contributed by atoms with van der Waals surface area (Å²) in [6.07, 6.45) is 2.23. The number of nitrogens with one attached hydrogen (secondary N) is 2. The Balaban J connectivity index is 0.00000242. The lowest BCUT2D eigenvalue weighted by molar-refractivity contribution is -0.121. The van der Waals surface area contributed by atoms with Gasteiger partial charge in [0.1, 0.15) is 5.82 Å². The predicted molar refractivity (Wildman–Crippen MR) is 90.1 cm³/mol. The van der Waals surface area contributed by atoms with Crippen LogP contribution in [0.2, 0.25) is 0 Å². The fourth-order valence-electron chi connectivity index (χ4n) is 2.73. The zero-order chi connectivity index (χ0) is 15.4. The summed E-state index contributed by atoms with van der Waals surface area (Å²) in [5.74, 6) is -0.419. The Bertz CT molecular complexity index is 512. The van der Waals surface area contributed by atoms with Crippen molar-refractivity contribution in [2.45, 2.75) is 38.8 Å². The summed E-state index contributed by atoms with van der Waals surface area (Å²) in [6.45, 7) is 5.56. The van der Waals surface area contributed by atoms with Crippen LogP contribution in [0.5, 0.6) is 0 Å². The van der Waals surface area contributed by atoms with E-state index in [1.54, 1.807) is 6.07 Å². The molecule has 1 aromatic carbocycles. The van der Waals surface area contributed by atoms with Crippen LogP contribution in [0.1, 0.15) is 25.3 Å². The van der Waals surface area contributed by atoms with Crippen LogP contribution in [-0.2, 0) is 4.79 Å². The first kappa shape index (κ1) is 18.9. The molecule has 1 aromatic rings. The van der Waals surface area contributed by atoms with Gasteiger partial charge < -0.3 is 10.6 Å². The van der Waals surface area contributed by atoms with Gasteiger partial charge in [-0.1, -0.05) is 6.07 Å². The van der Waals surface area contributed by atoms with Crippen molar-refractivity contribution in [1.82, 2.24) is 10.2 Å². The van der Waals surface area contributed by atoms with Gasteiger partial charge >= 0.3 is 0 Å². The number of carbonyl (C=O) groups excluding carboxylic acids is 1. The number of aryl methyl sites for hydroxylation is 1. The van der Waals surface area contributed by atoms with Crippen molar-refractivity contribution in [3.8, 4) is 0 Å². The molecule has 22 heavy (non-hydrogen) atoms. The number of hydrogen-bond donors (Lipinski definition) is 2. The molecular formula is C16H25ClFN3O. The second-order valence-corrected chi connectivity index (χ2v) is 5.75. The lowest BCUT2D eigenvalue weighted by atomic mass is 10.0. The standard InChI is InChI=1S/C16H24FN3O.ClH/c1-11-6-7-13(17)9-15(11)19-16(21)12(2)20-8-4-5-14(10-20)18-3;/h6-7,9,12,14,18H,4-5,8,10H2,1-3H3,(H,19,21);1H. The monoisotopic (exact) mass is 329 g/mol. The van der Waals surface area contributed by atoms with E-state index in [2.05, 4.69) is 15.5 Å². The molecule has 0 aliphatic carbocycles. The highest BCUT2D eigenvalue weighted by Crippen LogP contribution is 2.18. The molecule has 2 rings (SSSR count). The maximum absolute atomic E-state index is 13.3. The number of hydrogen-bond acceptors (Lipinski definition) is 3. The zero-order valence-electron chi connectivity index (χ0n) is 13.4. The van der Waals surface area contributed by atoms with E-state index < -0.39 is 0 Å². The average Bonchev–Trinajstić information content (AvgIpc) is 2.50. The van der Waals surface area contributed by atoms with Crippen molar-refractivity contribution >= 4 is 24.0 Å². The van der Waals surface area contributed by atoms with E-state index in [1.807, 2.05) is 20.9 Å². The van der Waals surface area contributed by atoms with E-state index in [9.17, 15) is 9.18 Å². The van der Waals surface area contributed by atoms with Crippen molar-refractivity contribution in [2.24, 2.45) is 0 Å². The zero-order valence-corrected chi connectivity index (χ0v) is 14.2. The summed E-state index contributed by atoms with van der Waals surface area (Å²) in [7, 11) is 1.95. The molecule has 1 fully saturated rings. The molecule has 0 radical (unpaired) electrons. The molecule has 124 valence electrons. The van der Waals surface area contributed by atoms with Gasteiger partial charge in [-0.05, 0) is 58.0 Å². The summed E-state index contributed by atoms with van der Waals surface area (Å²) in [5, 5.41) is 6.11. The summed E-state index contributed by atoms with van der Waals surface area (Å²) in [4.78, 5) is 14.5. The third-order valence-corrected chi connectivity index (χ3v) is 4.25. The Hall–Kier alpha value is -1.17. The number of benzene rings is 1. The normalized spacial score (nSPS) is 20.1. The van der Waals surface area contributed by atoms with Crippen LogP contribution < -0.4 is 10.6 Å². The molecule has 1 heterocycles. The van der Waals surface area contributed by atoms with Gasteiger partial charge in [0.15, 0.2) is 0 Å². The lowest BCUT2D eigenvalue weighted by Gasteiger charge is -2.36. The third kappa shape index (κ3) is 4.66. The Morgan fingerprint density at radius 3 is 2.86 bits per heavy atom. The largest absolute Gasteiger partial charge is 0.324 e. The van der Waals surface area contributed by atoms with Crippen molar-refractivity contribution < 1.29 is 9.18 Å². The second kappa shape index (κ2) is 8.46. The molecule has 0 saturated carbocycles. The maximum Gasteiger partial charge on any atom is 0.241 e. The number of likely N-dealkylation sites (tertiary alicyclic amines) is 1. The van der Waals surface area contributed by atoms with Gasteiger partial charge in [0, 0.05) is 18.3 Å². The van der Waals surface area contributed by atoms with Crippen LogP contribution in [-0.4, -0.2) is 43.0 Å². The number of anilines is 1. The van der Waals surface area contributed by atoms with Crippen LogP contribution in [0.25, 0.3) is 0 Å². The maximum atomic E-state index is 13.3. The molecule has 6 heteroatoms. The number of piperidine rings is 1. The molecule has 1 aliphatic rings. The minimum Gasteiger partial charge on any atom is -0.324 e. The molecule has 1 saturated heterocycles. The number of rotatable bonds is 4. The molecule has 2 unspecified atom stereocenters. The quantitative estimate of drug-likeness (QED) is 0.892. The van der Waals surface area contributed by atoms with Gasteiger partial charge in [-0.2, -0.15) is 0 Å². The van der Waals surface area contributed by atoms with Gasteiger partial charge in [0.25, 0.3) is 0 Å². The molecule has 2 N–H and O–H groups in total. The number of likely N-dealkylation sites (N-methyl/N-ethyl adjacent to an activating group) is 1. The Morgan fingerprint density at radius 2 is 2.18 bits per heavy atom. The van der Waals surface area contributed by atoms with Crippen LogP contribution in [0.4, 0.5) is 10.1 Å². The number of nitrogens with zero attached hydrogens (tertiary/aromatic N) is 1. The van der Waals surface area contributed by atoms with E-state index in [0.29, 0.717) is 11.7 Å². The second-order valence-electron chi connectivity index (χ2n) is 5.75. The molecule has 4 nitrogen and oxygen atoms in total. The van der Waals surface area contributed by atoms with Gasteiger partial charge in [-0.15, -0.1) is 12.4 Å². The van der Waals surface area contributed by atoms with Crippen LogP contribution >= 0.6 is 12.4 Å². The summed E-state index contributed by atoms with van der Waals surface area (Å²) in [6, 6.07) is 4.66. The van der Waals surface area contributed by atoms with Crippen molar-refractivity contribution in [2.75, 3.05) is 25.5 Å². The van der Waals surface area contributed by atoms with Crippen LogP contribution in [0, 0.1) is 12.7 Å². The van der Waals surface area contributed by atoms with E-state index in [1.165, 1.54) is 12.1 Å². The van der Waals surface area contributed by atoms with Crippen molar-refractivity contribution in [3.63, 3.8) is 0 Å². The smallest absolute Gasteiger partial charge is 0.241 e. The molecule has 0 bridgehead atoms. The van der Waals surface area contributed by atoms with Crippen LogP contribution in [0.3, 0.4) is 0 Å².